The van der Waals surface area contributed by atoms with Crippen LogP contribution in [0.4, 0.5) is 0 Å². The molecule has 3 atom stereocenters. The van der Waals surface area contributed by atoms with Crippen molar-refractivity contribution in [1.82, 2.24) is 4.90 Å². The van der Waals surface area contributed by atoms with Gasteiger partial charge in [0.15, 0.2) is 0 Å². The van der Waals surface area contributed by atoms with Gasteiger partial charge >= 0.3 is 5.97 Å². The van der Waals surface area contributed by atoms with Crippen molar-refractivity contribution in [2.45, 2.75) is 38.6 Å². The highest BCUT2D eigenvalue weighted by molar-refractivity contribution is 6.30. The first-order valence-electron chi connectivity index (χ1n) is 9.79. The summed E-state index contributed by atoms with van der Waals surface area (Å²) in [6.07, 6.45) is 0.297. The average Bonchev–Trinajstić information content (AvgIpc) is 2.65. The van der Waals surface area contributed by atoms with E-state index in [1.54, 1.807) is 0 Å². The molecule has 0 aliphatic carbocycles. The topological polar surface area (TPSA) is 57.6 Å². The van der Waals surface area contributed by atoms with Crippen LogP contribution in [0.15, 0.2) is 48.5 Å². The minimum Gasteiger partial charge on any atom is -0.481 e. The number of aliphatic carboxylic acids is 1. The molecule has 0 spiro atoms. The van der Waals surface area contributed by atoms with Gasteiger partial charge in [0.2, 0.25) is 5.91 Å². The maximum atomic E-state index is 13.3. The van der Waals surface area contributed by atoms with Gasteiger partial charge < -0.3 is 10.0 Å². The lowest BCUT2D eigenvalue weighted by atomic mass is 9.74. The largest absolute Gasteiger partial charge is 0.481 e. The summed E-state index contributed by atoms with van der Waals surface area (Å²) < 4.78 is 0. The Hall–Kier alpha value is -2.04. The number of benzene rings is 2. The molecule has 2 aromatic carbocycles. The van der Waals surface area contributed by atoms with Crippen molar-refractivity contribution in [3.05, 3.63) is 69.7 Å². The third-order valence-electron chi connectivity index (χ3n) is 5.36. The summed E-state index contributed by atoms with van der Waals surface area (Å²) in [4.78, 5) is 26.6. The molecule has 0 saturated carbocycles. The van der Waals surface area contributed by atoms with Gasteiger partial charge in [0.25, 0.3) is 0 Å². The molecule has 1 aliphatic rings. The summed E-state index contributed by atoms with van der Waals surface area (Å²) in [5, 5.41) is 10.6. The number of carbonyl (C=O) groups excluding carboxylic acids is 1. The number of amides is 1. The molecular formula is C23H25Cl2NO3. The SMILES string of the molecule is CC(C)CN1C(=O)[C@H](CC(=O)O)C[C@H](c2cccc(Cl)c2)[C@H]1c1ccc(Cl)cc1. The zero-order valence-corrected chi connectivity index (χ0v) is 18.0. The van der Waals surface area contributed by atoms with Crippen LogP contribution in [0.1, 0.15) is 49.8 Å². The number of carboxylic acid groups (broad SMARTS) is 1. The lowest BCUT2D eigenvalue weighted by Gasteiger charge is -2.45. The summed E-state index contributed by atoms with van der Waals surface area (Å²) >= 11 is 12.3. The number of nitrogens with zero attached hydrogens (tertiary/aromatic N) is 1. The summed E-state index contributed by atoms with van der Waals surface area (Å²) in [6, 6.07) is 15.0. The molecular weight excluding hydrogens is 409 g/mol. The van der Waals surface area contributed by atoms with Gasteiger partial charge in [-0.2, -0.15) is 0 Å². The zero-order chi connectivity index (χ0) is 21.1. The van der Waals surface area contributed by atoms with Gasteiger partial charge in [-0.15, -0.1) is 0 Å². The molecule has 0 aromatic heterocycles. The number of carbonyl (C=O) groups is 2. The standard InChI is InChI=1S/C23H25Cl2NO3/c1-14(2)13-26-22(15-6-8-18(24)9-7-15)20(16-4-3-5-19(25)10-16)11-17(23(26)29)12-21(27)28/h3-10,14,17,20,22H,11-13H2,1-2H3,(H,27,28)/t17-,20+,22+/m0/s1. The Morgan fingerprint density at radius 3 is 2.38 bits per heavy atom. The Kier molecular flexibility index (Phi) is 6.86. The number of carboxylic acids is 1. The third-order valence-corrected chi connectivity index (χ3v) is 5.85. The van der Waals surface area contributed by atoms with Crippen LogP contribution in [0.25, 0.3) is 0 Å². The fraction of sp³-hybridized carbons (Fsp3) is 0.391. The molecule has 1 saturated heterocycles. The minimum atomic E-state index is -0.956. The number of likely N-dealkylation sites (tertiary alicyclic amines) is 1. The van der Waals surface area contributed by atoms with E-state index in [9.17, 15) is 14.7 Å². The number of hydrogen-bond donors (Lipinski definition) is 1. The molecule has 4 nitrogen and oxygen atoms in total. The zero-order valence-electron chi connectivity index (χ0n) is 16.5. The van der Waals surface area contributed by atoms with Crippen LogP contribution in [-0.4, -0.2) is 28.4 Å². The second-order valence-corrected chi connectivity index (χ2v) is 8.95. The molecule has 6 heteroatoms. The summed E-state index contributed by atoms with van der Waals surface area (Å²) in [5.41, 5.74) is 2.00. The second kappa shape index (κ2) is 9.19. The molecule has 1 amide bonds. The predicted octanol–water partition coefficient (Wildman–Crippen LogP) is 5.80. The van der Waals surface area contributed by atoms with Crippen LogP contribution < -0.4 is 0 Å². The van der Waals surface area contributed by atoms with E-state index in [-0.39, 0.29) is 30.2 Å². The van der Waals surface area contributed by atoms with E-state index in [2.05, 4.69) is 13.8 Å². The molecule has 1 aliphatic heterocycles. The van der Waals surface area contributed by atoms with Crippen LogP contribution >= 0.6 is 23.2 Å². The minimum absolute atomic E-state index is 0.0596. The first-order chi connectivity index (χ1) is 13.8. The van der Waals surface area contributed by atoms with Crippen LogP contribution in [0.3, 0.4) is 0 Å². The molecule has 2 aromatic rings. The molecule has 3 rings (SSSR count). The highest BCUT2D eigenvalue weighted by atomic mass is 35.5. The Balaban J connectivity index is 2.11. The van der Waals surface area contributed by atoms with Crippen molar-refractivity contribution in [2.75, 3.05) is 6.54 Å². The maximum absolute atomic E-state index is 13.3. The Morgan fingerprint density at radius 1 is 1.10 bits per heavy atom. The van der Waals surface area contributed by atoms with Gasteiger partial charge in [-0.25, -0.2) is 0 Å². The van der Waals surface area contributed by atoms with Crippen molar-refractivity contribution < 1.29 is 14.7 Å². The predicted molar refractivity (Wildman–Crippen MR) is 115 cm³/mol. The highest BCUT2D eigenvalue weighted by Gasteiger charge is 2.43. The van der Waals surface area contributed by atoms with E-state index in [1.807, 2.05) is 53.4 Å². The van der Waals surface area contributed by atoms with E-state index < -0.39 is 11.9 Å². The summed E-state index contributed by atoms with van der Waals surface area (Å²) in [6.45, 7) is 4.67. The Bertz CT molecular complexity index is 882. The fourth-order valence-corrected chi connectivity index (χ4v) is 4.56. The average molecular weight is 434 g/mol. The molecule has 1 heterocycles. The maximum Gasteiger partial charge on any atom is 0.304 e. The van der Waals surface area contributed by atoms with Gasteiger partial charge in [-0.1, -0.05) is 61.3 Å². The fourth-order valence-electron chi connectivity index (χ4n) is 4.23. The lowest BCUT2D eigenvalue weighted by Crippen LogP contribution is -2.48. The number of halogens is 2. The second-order valence-electron chi connectivity index (χ2n) is 8.07. The number of hydrogen-bond acceptors (Lipinski definition) is 2. The summed E-state index contributed by atoms with van der Waals surface area (Å²) in [5.74, 6) is -1.42. The van der Waals surface area contributed by atoms with Gasteiger partial charge in [-0.05, 0) is 47.7 Å². The smallest absolute Gasteiger partial charge is 0.304 e. The van der Waals surface area contributed by atoms with Gasteiger partial charge in [0.1, 0.15) is 0 Å². The number of piperidine rings is 1. The van der Waals surface area contributed by atoms with Crippen molar-refractivity contribution in [3.8, 4) is 0 Å². The quantitative estimate of drug-likeness (QED) is 0.626. The van der Waals surface area contributed by atoms with E-state index in [4.69, 9.17) is 23.2 Å². The van der Waals surface area contributed by atoms with E-state index in [0.29, 0.717) is 23.0 Å². The van der Waals surface area contributed by atoms with Crippen LogP contribution in [0, 0.1) is 11.8 Å². The van der Waals surface area contributed by atoms with Crippen LogP contribution in [0.5, 0.6) is 0 Å². The van der Waals surface area contributed by atoms with E-state index in [0.717, 1.165) is 11.1 Å². The normalized spacial score (nSPS) is 22.2. The number of rotatable bonds is 6. The van der Waals surface area contributed by atoms with Gasteiger partial charge in [0, 0.05) is 28.4 Å². The van der Waals surface area contributed by atoms with Crippen molar-refractivity contribution in [2.24, 2.45) is 11.8 Å². The first-order valence-corrected chi connectivity index (χ1v) is 10.5. The lowest BCUT2D eigenvalue weighted by molar-refractivity contribution is -0.150. The van der Waals surface area contributed by atoms with Crippen LogP contribution in [0.2, 0.25) is 10.0 Å². The molecule has 0 unspecified atom stereocenters. The Labute approximate surface area is 181 Å². The van der Waals surface area contributed by atoms with Crippen molar-refractivity contribution in [3.63, 3.8) is 0 Å². The Morgan fingerprint density at radius 2 is 1.79 bits per heavy atom. The molecule has 0 radical (unpaired) electrons. The molecule has 1 fully saturated rings. The van der Waals surface area contributed by atoms with Crippen molar-refractivity contribution in [1.29, 1.82) is 0 Å². The van der Waals surface area contributed by atoms with Gasteiger partial charge in [-0.3, -0.25) is 9.59 Å². The van der Waals surface area contributed by atoms with E-state index in [1.165, 1.54) is 0 Å². The molecule has 29 heavy (non-hydrogen) atoms. The van der Waals surface area contributed by atoms with Gasteiger partial charge in [0.05, 0.1) is 12.5 Å². The highest BCUT2D eigenvalue weighted by Crippen LogP contribution is 2.46. The third kappa shape index (κ3) is 5.12. The van der Waals surface area contributed by atoms with E-state index >= 15 is 0 Å². The van der Waals surface area contributed by atoms with Crippen molar-refractivity contribution >= 4 is 35.1 Å². The monoisotopic (exact) mass is 433 g/mol. The van der Waals surface area contributed by atoms with Crippen LogP contribution in [-0.2, 0) is 9.59 Å². The first kappa shape index (κ1) is 21.7. The summed E-state index contributed by atoms with van der Waals surface area (Å²) in [7, 11) is 0. The molecule has 154 valence electrons. The molecule has 1 N–H and O–H groups in total. The molecule has 0 bridgehead atoms.